The second-order valence-electron chi connectivity index (χ2n) is 5.02. The van der Waals surface area contributed by atoms with Crippen LogP contribution in [-0.4, -0.2) is 57.1 Å². The Hall–Kier alpha value is -0.560. The lowest BCUT2D eigenvalue weighted by Gasteiger charge is -2.22. The van der Waals surface area contributed by atoms with Crippen molar-refractivity contribution in [2.24, 2.45) is 0 Å². The molecule has 22 heavy (non-hydrogen) atoms. The Labute approximate surface area is 145 Å². The quantitative estimate of drug-likeness (QED) is 0.607. The molecule has 6 heteroatoms. The highest BCUT2D eigenvalue weighted by Crippen LogP contribution is 2.28. The van der Waals surface area contributed by atoms with Gasteiger partial charge in [-0.1, -0.05) is 15.9 Å². The molecule has 4 nitrogen and oxygen atoms in total. The zero-order valence-electron chi connectivity index (χ0n) is 13.6. The van der Waals surface area contributed by atoms with Crippen LogP contribution in [0.1, 0.15) is 11.1 Å². The number of methoxy groups -OCH3 is 2. The number of halogens is 1. The Kier molecular flexibility index (Phi) is 9.09. The smallest absolute Gasteiger partial charge is 0.233 e. The second-order valence-corrected chi connectivity index (χ2v) is 6.89. The average Bonchev–Trinajstić information content (AvgIpc) is 2.49. The summed E-state index contributed by atoms with van der Waals surface area (Å²) in [5.74, 6) is 0.536. The Morgan fingerprint density at radius 2 is 1.73 bits per heavy atom. The van der Waals surface area contributed by atoms with Crippen molar-refractivity contribution in [2.75, 3.05) is 46.3 Å². The van der Waals surface area contributed by atoms with Crippen LogP contribution in [0.4, 0.5) is 0 Å². The maximum Gasteiger partial charge on any atom is 0.233 e. The molecule has 0 aliphatic carbocycles. The summed E-state index contributed by atoms with van der Waals surface area (Å²) in [6, 6.07) is 4.21. The fraction of sp³-hybridized carbons (Fsp3) is 0.562. The van der Waals surface area contributed by atoms with Gasteiger partial charge in [0.05, 0.1) is 19.0 Å². The van der Waals surface area contributed by atoms with Gasteiger partial charge in [-0.05, 0) is 37.1 Å². The minimum absolute atomic E-state index is 0.110. The summed E-state index contributed by atoms with van der Waals surface area (Å²) < 4.78 is 11.2. The lowest BCUT2D eigenvalue weighted by molar-refractivity contribution is -0.129. The van der Waals surface area contributed by atoms with Crippen LogP contribution in [0.15, 0.2) is 21.5 Å². The third-order valence-electron chi connectivity index (χ3n) is 3.29. The van der Waals surface area contributed by atoms with E-state index in [0.717, 1.165) is 9.37 Å². The van der Waals surface area contributed by atoms with E-state index in [1.807, 2.05) is 0 Å². The first kappa shape index (κ1) is 19.5. The monoisotopic (exact) mass is 389 g/mol. The molecule has 0 spiro atoms. The Morgan fingerprint density at radius 1 is 1.14 bits per heavy atom. The summed E-state index contributed by atoms with van der Waals surface area (Å²) in [7, 11) is 3.28. The molecule has 0 N–H and O–H groups in total. The number of amides is 1. The number of thioether (sulfide) groups is 1. The van der Waals surface area contributed by atoms with Crippen LogP contribution in [0, 0.1) is 13.8 Å². The normalized spacial score (nSPS) is 10.8. The molecule has 1 aromatic rings. The zero-order chi connectivity index (χ0) is 16.5. The van der Waals surface area contributed by atoms with E-state index >= 15 is 0 Å². The van der Waals surface area contributed by atoms with Crippen molar-refractivity contribution in [3.8, 4) is 0 Å². The summed E-state index contributed by atoms with van der Waals surface area (Å²) in [5, 5.41) is 0. The molecule has 0 atom stereocenters. The highest BCUT2D eigenvalue weighted by molar-refractivity contribution is 9.10. The molecule has 0 aliphatic rings. The molecule has 0 heterocycles. The maximum absolute atomic E-state index is 12.4. The number of hydrogen-bond donors (Lipinski definition) is 0. The van der Waals surface area contributed by atoms with Crippen LogP contribution in [0.5, 0.6) is 0 Å². The Bertz CT molecular complexity index is 489. The third kappa shape index (κ3) is 6.28. The van der Waals surface area contributed by atoms with Crippen molar-refractivity contribution in [3.05, 3.63) is 27.7 Å². The van der Waals surface area contributed by atoms with E-state index in [-0.39, 0.29) is 5.91 Å². The van der Waals surface area contributed by atoms with Gasteiger partial charge >= 0.3 is 0 Å². The highest BCUT2D eigenvalue weighted by Gasteiger charge is 2.14. The molecule has 0 saturated carbocycles. The average molecular weight is 390 g/mol. The van der Waals surface area contributed by atoms with Crippen LogP contribution in [0.25, 0.3) is 0 Å². The number of rotatable bonds is 9. The molecular formula is C16H24BrNO3S. The molecule has 1 amide bonds. The highest BCUT2D eigenvalue weighted by atomic mass is 79.9. The summed E-state index contributed by atoms with van der Waals surface area (Å²) in [4.78, 5) is 15.3. The number of nitrogens with zero attached hydrogens (tertiary/aromatic N) is 1. The number of carbonyl (C=O) groups is 1. The van der Waals surface area contributed by atoms with Gasteiger partial charge in [-0.3, -0.25) is 4.79 Å². The third-order valence-corrected chi connectivity index (χ3v) is 5.29. The van der Waals surface area contributed by atoms with Gasteiger partial charge in [0.15, 0.2) is 0 Å². The Balaban J connectivity index is 2.63. The van der Waals surface area contributed by atoms with E-state index in [4.69, 9.17) is 9.47 Å². The number of carbonyl (C=O) groups excluding carboxylic acids is 1. The van der Waals surface area contributed by atoms with E-state index in [2.05, 4.69) is 41.9 Å². The molecule has 0 fully saturated rings. The Morgan fingerprint density at radius 3 is 2.27 bits per heavy atom. The molecule has 0 saturated heterocycles. The lowest BCUT2D eigenvalue weighted by Crippen LogP contribution is -2.37. The fourth-order valence-corrected chi connectivity index (χ4v) is 3.37. The molecule has 124 valence electrons. The summed E-state index contributed by atoms with van der Waals surface area (Å²) in [5.41, 5.74) is 2.35. The fourth-order valence-electron chi connectivity index (χ4n) is 1.90. The molecule has 0 radical (unpaired) electrons. The van der Waals surface area contributed by atoms with E-state index in [1.165, 1.54) is 11.1 Å². The van der Waals surface area contributed by atoms with Gasteiger partial charge in [0.2, 0.25) is 5.91 Å². The molecule has 0 bridgehead atoms. The molecule has 1 rings (SSSR count). The first-order valence-corrected chi connectivity index (χ1v) is 8.92. The van der Waals surface area contributed by atoms with Crippen molar-refractivity contribution >= 4 is 33.6 Å². The largest absolute Gasteiger partial charge is 0.383 e. The standard InChI is InChI=1S/C16H24BrNO3S/c1-12-10-15(13(2)9-14(12)17)22-11-16(19)18(5-7-20-3)6-8-21-4/h9-10H,5-8,11H2,1-4H3. The van der Waals surface area contributed by atoms with Gasteiger partial charge in [-0.25, -0.2) is 0 Å². The first-order valence-electron chi connectivity index (χ1n) is 7.14. The first-order chi connectivity index (χ1) is 10.5. The summed E-state index contributed by atoms with van der Waals surface area (Å²) in [6.45, 7) is 6.38. The topological polar surface area (TPSA) is 38.8 Å². The van der Waals surface area contributed by atoms with Crippen molar-refractivity contribution in [3.63, 3.8) is 0 Å². The summed E-state index contributed by atoms with van der Waals surface area (Å²) >= 11 is 5.11. The van der Waals surface area contributed by atoms with Gasteiger partial charge in [-0.15, -0.1) is 11.8 Å². The molecule has 1 aromatic carbocycles. The maximum atomic E-state index is 12.4. The predicted molar refractivity (Wildman–Crippen MR) is 94.7 cm³/mol. The van der Waals surface area contributed by atoms with Crippen molar-refractivity contribution in [1.82, 2.24) is 4.90 Å². The lowest BCUT2D eigenvalue weighted by atomic mass is 10.2. The van der Waals surface area contributed by atoms with E-state index in [1.54, 1.807) is 30.9 Å². The van der Waals surface area contributed by atoms with Crippen molar-refractivity contribution in [2.45, 2.75) is 18.7 Å². The van der Waals surface area contributed by atoms with Gasteiger partial charge in [0.25, 0.3) is 0 Å². The van der Waals surface area contributed by atoms with Gasteiger partial charge in [0, 0.05) is 36.7 Å². The van der Waals surface area contributed by atoms with E-state index in [0.29, 0.717) is 32.1 Å². The predicted octanol–water partition coefficient (Wildman–Crippen LogP) is 3.28. The molecule has 0 aliphatic heterocycles. The number of benzene rings is 1. The zero-order valence-corrected chi connectivity index (χ0v) is 16.1. The second kappa shape index (κ2) is 10.3. The van der Waals surface area contributed by atoms with Gasteiger partial charge in [0.1, 0.15) is 0 Å². The number of hydrogen-bond acceptors (Lipinski definition) is 4. The van der Waals surface area contributed by atoms with E-state index in [9.17, 15) is 4.79 Å². The number of ether oxygens (including phenoxy) is 2. The van der Waals surface area contributed by atoms with Crippen LogP contribution >= 0.6 is 27.7 Å². The van der Waals surface area contributed by atoms with Crippen LogP contribution in [0.2, 0.25) is 0 Å². The van der Waals surface area contributed by atoms with Crippen molar-refractivity contribution in [1.29, 1.82) is 0 Å². The van der Waals surface area contributed by atoms with E-state index < -0.39 is 0 Å². The SMILES string of the molecule is COCCN(CCOC)C(=O)CSc1cc(C)c(Br)cc1C. The minimum atomic E-state index is 0.110. The van der Waals surface area contributed by atoms with Gasteiger partial charge in [-0.2, -0.15) is 0 Å². The minimum Gasteiger partial charge on any atom is -0.383 e. The van der Waals surface area contributed by atoms with Crippen LogP contribution in [-0.2, 0) is 14.3 Å². The van der Waals surface area contributed by atoms with Crippen LogP contribution in [0.3, 0.4) is 0 Å². The molecule has 0 aromatic heterocycles. The molecular weight excluding hydrogens is 366 g/mol. The number of aryl methyl sites for hydroxylation is 2. The molecule has 0 unspecified atom stereocenters. The van der Waals surface area contributed by atoms with Gasteiger partial charge < -0.3 is 14.4 Å². The van der Waals surface area contributed by atoms with Crippen molar-refractivity contribution < 1.29 is 14.3 Å². The van der Waals surface area contributed by atoms with Crippen LogP contribution < -0.4 is 0 Å². The summed E-state index contributed by atoms with van der Waals surface area (Å²) in [6.07, 6.45) is 0.